The Morgan fingerprint density at radius 3 is 3.00 bits per heavy atom. The Morgan fingerprint density at radius 2 is 2.50 bits per heavy atom. The Morgan fingerprint density at radius 1 is 1.67 bits per heavy atom. The number of nitrogens with one attached hydrogen (secondary N) is 1. The van der Waals surface area contributed by atoms with Crippen molar-refractivity contribution in [1.29, 1.82) is 0 Å². The Balaban J connectivity index is 2.25. The normalized spacial score (nSPS) is 23.3. The molecule has 3 nitrogen and oxygen atoms in total. The fourth-order valence-corrected chi connectivity index (χ4v) is 1.91. The highest BCUT2D eigenvalue weighted by molar-refractivity contribution is 5.20. The predicted octanol–water partition coefficient (Wildman–Crippen LogP) is 1.15. The molecule has 0 amide bonds. The van der Waals surface area contributed by atoms with E-state index in [0.717, 1.165) is 12.2 Å². The first-order chi connectivity index (χ1) is 5.77. The lowest BCUT2D eigenvalue weighted by Crippen LogP contribution is -2.12. The van der Waals surface area contributed by atoms with E-state index < -0.39 is 0 Å². The smallest absolute Gasteiger partial charge is 0.0641 e. The van der Waals surface area contributed by atoms with Crippen LogP contribution in [0.5, 0.6) is 0 Å². The van der Waals surface area contributed by atoms with E-state index in [1.54, 1.807) is 0 Å². The van der Waals surface area contributed by atoms with Crippen molar-refractivity contribution in [2.24, 2.45) is 7.05 Å². The highest BCUT2D eigenvalue weighted by atomic mass is 15.3. The monoisotopic (exact) mass is 165 g/mol. The highest BCUT2D eigenvalue weighted by Gasteiger charge is 2.19. The third-order valence-corrected chi connectivity index (χ3v) is 2.49. The molecular formula is C9H15N3. The first-order valence-corrected chi connectivity index (χ1v) is 4.51. The van der Waals surface area contributed by atoms with E-state index in [9.17, 15) is 0 Å². The maximum Gasteiger partial charge on any atom is 0.0641 e. The topological polar surface area (TPSA) is 29.9 Å². The van der Waals surface area contributed by atoms with E-state index in [0.29, 0.717) is 6.04 Å². The van der Waals surface area contributed by atoms with E-state index in [1.165, 1.54) is 18.4 Å². The molecule has 0 bridgehead atoms. The summed E-state index contributed by atoms with van der Waals surface area (Å²) < 4.78 is 1.89. The summed E-state index contributed by atoms with van der Waals surface area (Å²) in [5, 5.41) is 7.81. The van der Waals surface area contributed by atoms with Crippen molar-refractivity contribution in [2.75, 3.05) is 6.54 Å². The van der Waals surface area contributed by atoms with Gasteiger partial charge in [-0.15, -0.1) is 0 Å². The highest BCUT2D eigenvalue weighted by Crippen LogP contribution is 2.24. The summed E-state index contributed by atoms with van der Waals surface area (Å²) in [7, 11) is 1.98. The Labute approximate surface area is 72.8 Å². The second-order valence-corrected chi connectivity index (χ2v) is 3.49. The van der Waals surface area contributed by atoms with Gasteiger partial charge in [0.2, 0.25) is 0 Å². The van der Waals surface area contributed by atoms with Crippen molar-refractivity contribution in [3.63, 3.8) is 0 Å². The van der Waals surface area contributed by atoms with Gasteiger partial charge >= 0.3 is 0 Å². The number of aromatic nitrogens is 2. The molecule has 0 aromatic carbocycles. The molecule has 1 atom stereocenters. The Kier molecular flexibility index (Phi) is 1.89. The van der Waals surface area contributed by atoms with Gasteiger partial charge < -0.3 is 5.32 Å². The molecule has 0 unspecified atom stereocenters. The summed E-state index contributed by atoms with van der Waals surface area (Å²) in [6.45, 7) is 3.23. The maximum absolute atomic E-state index is 4.33. The van der Waals surface area contributed by atoms with Gasteiger partial charge in [-0.3, -0.25) is 4.68 Å². The van der Waals surface area contributed by atoms with Gasteiger partial charge in [0.1, 0.15) is 0 Å². The molecule has 0 spiro atoms. The van der Waals surface area contributed by atoms with Crippen LogP contribution in [0.1, 0.15) is 30.1 Å². The number of rotatable bonds is 1. The molecule has 1 aliphatic rings. The minimum atomic E-state index is 0.554. The van der Waals surface area contributed by atoms with Crippen LogP contribution >= 0.6 is 0 Å². The van der Waals surface area contributed by atoms with Gasteiger partial charge in [0.05, 0.1) is 5.69 Å². The molecule has 0 aliphatic carbocycles. The molecule has 66 valence electrons. The molecule has 2 heterocycles. The molecule has 1 aromatic heterocycles. The van der Waals surface area contributed by atoms with Crippen molar-refractivity contribution in [2.45, 2.75) is 25.8 Å². The third-order valence-electron chi connectivity index (χ3n) is 2.49. The first-order valence-electron chi connectivity index (χ1n) is 4.51. The van der Waals surface area contributed by atoms with Crippen LogP contribution in [0.25, 0.3) is 0 Å². The number of hydrogen-bond acceptors (Lipinski definition) is 2. The third kappa shape index (κ3) is 1.25. The van der Waals surface area contributed by atoms with Gasteiger partial charge in [-0.05, 0) is 26.3 Å². The number of aryl methyl sites for hydroxylation is 2. The van der Waals surface area contributed by atoms with E-state index >= 15 is 0 Å². The summed E-state index contributed by atoms with van der Waals surface area (Å²) >= 11 is 0. The maximum atomic E-state index is 4.33. The van der Waals surface area contributed by atoms with Crippen LogP contribution in [0.2, 0.25) is 0 Å². The van der Waals surface area contributed by atoms with E-state index in [2.05, 4.69) is 23.5 Å². The molecule has 3 heteroatoms. The fraction of sp³-hybridized carbons (Fsp3) is 0.667. The molecular weight excluding hydrogens is 150 g/mol. The van der Waals surface area contributed by atoms with Gasteiger partial charge in [0.15, 0.2) is 0 Å². The van der Waals surface area contributed by atoms with E-state index in [1.807, 2.05) is 11.7 Å². The second-order valence-electron chi connectivity index (χ2n) is 3.49. The molecule has 1 aromatic rings. The van der Waals surface area contributed by atoms with Gasteiger partial charge in [0.25, 0.3) is 0 Å². The number of hydrogen-bond donors (Lipinski definition) is 1. The molecule has 0 radical (unpaired) electrons. The lowest BCUT2D eigenvalue weighted by atomic mass is 10.1. The van der Waals surface area contributed by atoms with Gasteiger partial charge in [-0.1, -0.05) is 0 Å². The van der Waals surface area contributed by atoms with Crippen LogP contribution in [0.4, 0.5) is 0 Å². The first kappa shape index (κ1) is 7.80. The van der Waals surface area contributed by atoms with Crippen LogP contribution in [0, 0.1) is 6.92 Å². The van der Waals surface area contributed by atoms with Crippen molar-refractivity contribution in [1.82, 2.24) is 15.1 Å². The Bertz CT molecular complexity index is 271. The zero-order chi connectivity index (χ0) is 8.55. The van der Waals surface area contributed by atoms with Crippen molar-refractivity contribution in [3.05, 3.63) is 17.5 Å². The van der Waals surface area contributed by atoms with Crippen molar-refractivity contribution < 1.29 is 0 Å². The summed E-state index contributed by atoms with van der Waals surface area (Å²) in [5.41, 5.74) is 2.53. The lowest BCUT2D eigenvalue weighted by Gasteiger charge is -2.07. The van der Waals surface area contributed by atoms with Gasteiger partial charge in [-0.25, -0.2) is 0 Å². The molecule has 1 saturated heterocycles. The summed E-state index contributed by atoms with van der Waals surface area (Å²) in [6, 6.07) is 0.554. The van der Waals surface area contributed by atoms with Crippen LogP contribution in [-0.4, -0.2) is 16.3 Å². The zero-order valence-electron chi connectivity index (χ0n) is 7.67. The standard InChI is InChI=1S/C9H15N3/c1-7-8(6-12(2)11-7)9-4-3-5-10-9/h6,9-10H,3-5H2,1-2H3/t9-/m0/s1. The quantitative estimate of drug-likeness (QED) is 0.676. The van der Waals surface area contributed by atoms with Crippen molar-refractivity contribution in [3.8, 4) is 0 Å². The van der Waals surface area contributed by atoms with E-state index in [-0.39, 0.29) is 0 Å². The fourth-order valence-electron chi connectivity index (χ4n) is 1.91. The zero-order valence-corrected chi connectivity index (χ0v) is 7.67. The minimum absolute atomic E-state index is 0.554. The molecule has 1 aliphatic heterocycles. The molecule has 2 rings (SSSR count). The van der Waals surface area contributed by atoms with Crippen LogP contribution in [0.3, 0.4) is 0 Å². The largest absolute Gasteiger partial charge is 0.310 e. The average Bonchev–Trinajstić information content (AvgIpc) is 2.58. The number of nitrogens with zero attached hydrogens (tertiary/aromatic N) is 2. The van der Waals surface area contributed by atoms with Crippen LogP contribution < -0.4 is 5.32 Å². The summed E-state index contributed by atoms with van der Waals surface area (Å²) in [6.07, 6.45) is 4.67. The lowest BCUT2D eigenvalue weighted by molar-refractivity contribution is 0.643. The van der Waals surface area contributed by atoms with Gasteiger partial charge in [0, 0.05) is 24.8 Å². The Hall–Kier alpha value is -0.830. The molecule has 1 N–H and O–H groups in total. The van der Waals surface area contributed by atoms with Gasteiger partial charge in [-0.2, -0.15) is 5.10 Å². The van der Waals surface area contributed by atoms with E-state index in [4.69, 9.17) is 0 Å². The second kappa shape index (κ2) is 2.90. The van der Waals surface area contributed by atoms with Crippen LogP contribution in [-0.2, 0) is 7.05 Å². The average molecular weight is 165 g/mol. The summed E-state index contributed by atoms with van der Waals surface area (Å²) in [5.74, 6) is 0. The molecule has 0 saturated carbocycles. The predicted molar refractivity (Wildman–Crippen MR) is 47.9 cm³/mol. The SMILES string of the molecule is Cc1nn(C)cc1[C@@H]1CCCN1. The minimum Gasteiger partial charge on any atom is -0.310 e. The molecule has 1 fully saturated rings. The summed E-state index contributed by atoms with van der Waals surface area (Å²) in [4.78, 5) is 0. The molecule has 12 heavy (non-hydrogen) atoms. The van der Waals surface area contributed by atoms with Crippen molar-refractivity contribution >= 4 is 0 Å². The van der Waals surface area contributed by atoms with Crippen LogP contribution in [0.15, 0.2) is 6.20 Å².